The highest BCUT2D eigenvalue weighted by atomic mass is 19.4. The standard InChI is InChI=1S/C20H17F4N3O2/c21-16-7-5-15(6-8-16)18-17(10-26-27-18)19(28)25-9-13-1-3-14(4-2-13)11-29-12-20(22,23)24/h1-8,10H,9,11-12H2,(H,25,28)(H,26,27). The topological polar surface area (TPSA) is 67.0 Å². The Morgan fingerprint density at radius 1 is 1.03 bits per heavy atom. The Bertz CT molecular complexity index is 951. The quantitative estimate of drug-likeness (QED) is 0.576. The van der Waals surface area contributed by atoms with Crippen molar-refractivity contribution in [2.45, 2.75) is 19.3 Å². The van der Waals surface area contributed by atoms with Gasteiger partial charge in [0.1, 0.15) is 12.4 Å². The normalized spacial score (nSPS) is 11.4. The van der Waals surface area contributed by atoms with Crippen molar-refractivity contribution in [2.24, 2.45) is 0 Å². The number of H-pyrrole nitrogens is 1. The molecule has 1 aromatic heterocycles. The lowest BCUT2D eigenvalue weighted by Crippen LogP contribution is -2.23. The van der Waals surface area contributed by atoms with Gasteiger partial charge in [-0.2, -0.15) is 18.3 Å². The first-order chi connectivity index (χ1) is 13.8. The number of aromatic nitrogens is 2. The van der Waals surface area contributed by atoms with Gasteiger partial charge in [-0.3, -0.25) is 9.89 Å². The zero-order valence-corrected chi connectivity index (χ0v) is 15.1. The molecular weight excluding hydrogens is 390 g/mol. The van der Waals surface area contributed by atoms with Crippen molar-refractivity contribution in [3.05, 3.63) is 77.2 Å². The molecule has 0 aliphatic carbocycles. The lowest BCUT2D eigenvalue weighted by atomic mass is 10.1. The second kappa shape index (κ2) is 8.87. The second-order valence-corrected chi connectivity index (χ2v) is 6.27. The smallest absolute Gasteiger partial charge is 0.367 e. The van der Waals surface area contributed by atoms with Crippen molar-refractivity contribution in [3.63, 3.8) is 0 Å². The van der Waals surface area contributed by atoms with Crippen LogP contribution in [0.15, 0.2) is 54.7 Å². The van der Waals surface area contributed by atoms with E-state index in [4.69, 9.17) is 0 Å². The molecule has 0 saturated carbocycles. The summed E-state index contributed by atoms with van der Waals surface area (Å²) in [5.74, 6) is -0.748. The van der Waals surface area contributed by atoms with Gasteiger partial charge in [0.25, 0.3) is 5.91 Å². The van der Waals surface area contributed by atoms with Crippen molar-refractivity contribution in [2.75, 3.05) is 6.61 Å². The van der Waals surface area contributed by atoms with Crippen molar-refractivity contribution >= 4 is 5.91 Å². The van der Waals surface area contributed by atoms with Crippen LogP contribution < -0.4 is 5.32 Å². The van der Waals surface area contributed by atoms with Crippen molar-refractivity contribution in [1.82, 2.24) is 15.5 Å². The van der Waals surface area contributed by atoms with Crippen LogP contribution in [-0.4, -0.2) is 28.9 Å². The van der Waals surface area contributed by atoms with Gasteiger partial charge < -0.3 is 10.1 Å². The Morgan fingerprint density at radius 3 is 2.34 bits per heavy atom. The van der Waals surface area contributed by atoms with Crippen molar-refractivity contribution in [1.29, 1.82) is 0 Å². The van der Waals surface area contributed by atoms with Gasteiger partial charge in [0.2, 0.25) is 0 Å². The number of ether oxygens (including phenoxy) is 1. The Morgan fingerprint density at radius 2 is 1.69 bits per heavy atom. The number of nitrogens with zero attached hydrogens (tertiary/aromatic N) is 1. The third-order valence-electron chi connectivity index (χ3n) is 4.03. The molecular formula is C20H17F4N3O2. The monoisotopic (exact) mass is 407 g/mol. The van der Waals surface area contributed by atoms with Gasteiger partial charge >= 0.3 is 6.18 Å². The van der Waals surface area contributed by atoms with E-state index >= 15 is 0 Å². The van der Waals surface area contributed by atoms with Crippen LogP contribution in [0.5, 0.6) is 0 Å². The summed E-state index contributed by atoms with van der Waals surface area (Å²) in [6.07, 6.45) is -2.97. The van der Waals surface area contributed by atoms with E-state index in [1.807, 2.05) is 0 Å². The second-order valence-electron chi connectivity index (χ2n) is 6.27. The van der Waals surface area contributed by atoms with Gasteiger partial charge in [-0.05, 0) is 35.4 Å². The minimum absolute atomic E-state index is 0.151. The lowest BCUT2D eigenvalue weighted by molar-refractivity contribution is -0.176. The predicted octanol–water partition coefficient (Wildman–Crippen LogP) is 4.22. The average molecular weight is 407 g/mol. The molecule has 0 atom stereocenters. The molecule has 0 spiro atoms. The highest BCUT2D eigenvalue weighted by molar-refractivity contribution is 5.99. The molecule has 5 nitrogen and oxygen atoms in total. The Kier molecular flexibility index (Phi) is 6.28. The van der Waals surface area contributed by atoms with Crippen LogP contribution in [0.1, 0.15) is 21.5 Å². The van der Waals surface area contributed by atoms with Crippen LogP contribution in [0.3, 0.4) is 0 Å². The predicted molar refractivity (Wildman–Crippen MR) is 97.3 cm³/mol. The van der Waals surface area contributed by atoms with E-state index in [9.17, 15) is 22.4 Å². The van der Waals surface area contributed by atoms with Gasteiger partial charge in [0.15, 0.2) is 0 Å². The third kappa shape index (κ3) is 5.89. The fraction of sp³-hybridized carbons (Fsp3) is 0.200. The van der Waals surface area contributed by atoms with Crippen molar-refractivity contribution < 1.29 is 27.1 Å². The molecule has 29 heavy (non-hydrogen) atoms. The summed E-state index contributed by atoms with van der Waals surface area (Å²) >= 11 is 0. The van der Waals surface area contributed by atoms with Crippen LogP contribution in [0.25, 0.3) is 11.3 Å². The van der Waals surface area contributed by atoms with Crippen LogP contribution >= 0.6 is 0 Å². The number of aromatic amines is 1. The Labute approximate surface area is 163 Å². The van der Waals surface area contributed by atoms with Gasteiger partial charge in [-0.25, -0.2) is 4.39 Å². The molecule has 9 heteroatoms. The minimum atomic E-state index is -4.36. The van der Waals surface area contributed by atoms with Gasteiger partial charge in [-0.15, -0.1) is 0 Å². The summed E-state index contributed by atoms with van der Waals surface area (Å²) in [6.45, 7) is -1.23. The van der Waals surface area contributed by atoms with Crippen LogP contribution in [0.4, 0.5) is 17.6 Å². The fourth-order valence-corrected chi connectivity index (χ4v) is 2.61. The molecule has 152 valence electrons. The largest absolute Gasteiger partial charge is 0.411 e. The first-order valence-corrected chi connectivity index (χ1v) is 8.61. The molecule has 0 radical (unpaired) electrons. The SMILES string of the molecule is O=C(NCc1ccc(COCC(F)(F)F)cc1)c1cn[nH]c1-c1ccc(F)cc1. The molecule has 3 rings (SSSR count). The Hall–Kier alpha value is -3.20. The molecule has 1 amide bonds. The van der Waals surface area contributed by atoms with Crippen LogP contribution in [-0.2, 0) is 17.9 Å². The highest BCUT2D eigenvalue weighted by Gasteiger charge is 2.27. The molecule has 0 unspecified atom stereocenters. The van der Waals surface area contributed by atoms with E-state index in [-0.39, 0.29) is 24.9 Å². The van der Waals surface area contributed by atoms with E-state index in [1.165, 1.54) is 18.3 Å². The summed E-state index contributed by atoms with van der Waals surface area (Å²) < 4.78 is 53.9. The van der Waals surface area contributed by atoms with Crippen LogP contribution in [0, 0.1) is 5.82 Å². The summed E-state index contributed by atoms with van der Waals surface area (Å²) in [5, 5.41) is 9.36. The molecule has 2 aromatic carbocycles. The van der Waals surface area contributed by atoms with E-state index in [1.54, 1.807) is 36.4 Å². The summed E-state index contributed by atoms with van der Waals surface area (Å²) in [7, 11) is 0. The molecule has 1 heterocycles. The van der Waals surface area contributed by atoms with Crippen molar-refractivity contribution in [3.8, 4) is 11.3 Å². The van der Waals surface area contributed by atoms with Gasteiger partial charge in [0, 0.05) is 12.1 Å². The maximum atomic E-state index is 13.1. The first-order valence-electron chi connectivity index (χ1n) is 8.61. The number of rotatable bonds is 7. The average Bonchev–Trinajstić information content (AvgIpc) is 3.17. The lowest BCUT2D eigenvalue weighted by Gasteiger charge is -2.09. The number of hydrogen-bond acceptors (Lipinski definition) is 3. The summed E-state index contributed by atoms with van der Waals surface area (Å²) in [6, 6.07) is 12.3. The zero-order valence-electron chi connectivity index (χ0n) is 15.1. The maximum absolute atomic E-state index is 13.1. The molecule has 2 N–H and O–H groups in total. The van der Waals surface area contributed by atoms with Crippen LogP contribution in [0.2, 0.25) is 0 Å². The van der Waals surface area contributed by atoms with E-state index in [2.05, 4.69) is 20.3 Å². The summed E-state index contributed by atoms with van der Waals surface area (Å²) in [5.41, 5.74) is 2.77. The molecule has 3 aromatic rings. The number of benzene rings is 2. The Balaban J connectivity index is 1.56. The number of hydrogen-bond donors (Lipinski definition) is 2. The number of amides is 1. The maximum Gasteiger partial charge on any atom is 0.411 e. The van der Waals surface area contributed by atoms with E-state index in [0.717, 1.165) is 5.56 Å². The molecule has 0 bridgehead atoms. The molecule has 0 aliphatic heterocycles. The first kappa shape index (κ1) is 20.5. The van der Waals surface area contributed by atoms with E-state index in [0.29, 0.717) is 22.4 Å². The molecule has 0 saturated heterocycles. The molecule has 0 fully saturated rings. The zero-order chi connectivity index (χ0) is 20.9. The number of halogens is 4. The van der Waals surface area contributed by atoms with Gasteiger partial charge in [0.05, 0.1) is 24.1 Å². The fourth-order valence-electron chi connectivity index (χ4n) is 2.61. The minimum Gasteiger partial charge on any atom is -0.367 e. The number of carbonyl (C=O) groups is 1. The third-order valence-corrected chi connectivity index (χ3v) is 4.03. The van der Waals surface area contributed by atoms with Gasteiger partial charge in [-0.1, -0.05) is 24.3 Å². The number of alkyl halides is 3. The number of nitrogens with one attached hydrogen (secondary N) is 2. The number of carbonyl (C=O) groups excluding carboxylic acids is 1. The highest BCUT2D eigenvalue weighted by Crippen LogP contribution is 2.21. The van der Waals surface area contributed by atoms with E-state index < -0.39 is 12.8 Å². The molecule has 0 aliphatic rings. The summed E-state index contributed by atoms with van der Waals surface area (Å²) in [4.78, 5) is 12.5.